The van der Waals surface area contributed by atoms with Gasteiger partial charge in [0.2, 0.25) is 0 Å². The molecule has 133 valence electrons. The van der Waals surface area contributed by atoms with E-state index < -0.39 is 0 Å². The molecule has 2 heterocycles. The van der Waals surface area contributed by atoms with Crippen molar-refractivity contribution in [3.8, 4) is 0 Å². The summed E-state index contributed by atoms with van der Waals surface area (Å²) in [7, 11) is 0. The van der Waals surface area contributed by atoms with Crippen molar-refractivity contribution in [3.63, 3.8) is 0 Å². The van der Waals surface area contributed by atoms with Crippen LogP contribution in [0.5, 0.6) is 0 Å². The van der Waals surface area contributed by atoms with Gasteiger partial charge in [0.1, 0.15) is 0 Å². The summed E-state index contributed by atoms with van der Waals surface area (Å²) < 4.78 is 2.20. The topological polar surface area (TPSA) is 17.3 Å². The Morgan fingerprint density at radius 3 is 2.37 bits per heavy atom. The molecule has 0 aliphatic heterocycles. The molecule has 0 saturated carbocycles. The van der Waals surface area contributed by atoms with Gasteiger partial charge in [0, 0.05) is 50.8 Å². The Morgan fingerprint density at radius 2 is 1.56 bits per heavy atom. The summed E-state index contributed by atoms with van der Waals surface area (Å²) >= 11 is 0. The fourth-order valence-electron chi connectivity index (χ4n) is 3.44. The van der Waals surface area contributed by atoms with Crippen LogP contribution in [0, 0.1) is 13.5 Å². The maximum atomic E-state index is 4.92. The quantitative estimate of drug-likeness (QED) is 0.192. The number of hydrogen-bond donors (Lipinski definition) is 0. The molecule has 5 rings (SSSR count). The number of para-hydroxylation sites is 1. The van der Waals surface area contributed by atoms with E-state index in [2.05, 4.69) is 71.3 Å². The first kappa shape index (κ1) is 22.0. The molecule has 3 aromatic carbocycles. The molecule has 0 N–H and O–H groups in total. The first-order chi connectivity index (χ1) is 11.9. The third kappa shape index (κ3) is 3.95. The third-order valence-corrected chi connectivity index (χ3v) is 4.52. The predicted molar refractivity (Wildman–Crippen MR) is 105 cm³/mol. The van der Waals surface area contributed by atoms with E-state index in [9.17, 15) is 0 Å². The van der Waals surface area contributed by atoms with Crippen LogP contribution in [0.15, 0.2) is 79.0 Å². The smallest absolute Gasteiger partial charge is 0.358 e. The number of nitrogens with zero attached hydrogens (tertiary/aromatic N) is 2. The number of pyridine rings is 1. The Morgan fingerprint density at radius 1 is 0.852 bits per heavy atom. The Bertz CT molecular complexity index is 1110. The van der Waals surface area contributed by atoms with Gasteiger partial charge in [-0.15, -0.1) is 29.7 Å². The zero-order chi connectivity index (χ0) is 15.9. The van der Waals surface area contributed by atoms with Crippen molar-refractivity contribution in [2.75, 3.05) is 0 Å². The van der Waals surface area contributed by atoms with Crippen molar-refractivity contribution >= 4 is 27.3 Å². The van der Waals surface area contributed by atoms with E-state index in [1.54, 1.807) is 0 Å². The van der Waals surface area contributed by atoms with Gasteiger partial charge in [0.25, 0.3) is 0 Å². The van der Waals surface area contributed by atoms with E-state index in [0.29, 0.717) is 0 Å². The van der Waals surface area contributed by atoms with E-state index in [0.717, 1.165) is 23.1 Å². The Kier molecular flexibility index (Phi) is 7.51. The maximum absolute atomic E-state index is 4.92. The Hall–Kier alpha value is -1.34. The monoisotopic (exact) mass is 606 g/mol. The standard InChI is InChI=1S/C22H15N2.CH3.Pt.Y/c1-2-8-16(9-3-1)14-17-15-24-21-13-7-6-11-19(21)18-10-4-5-12-20(18)22(24)23-17;;;/h1-11,13,15H,14H2;1H3;;/q2*-1;+2;. The van der Waals surface area contributed by atoms with Crippen LogP contribution < -0.4 is 0 Å². The van der Waals surface area contributed by atoms with Crippen LogP contribution in [0.4, 0.5) is 0 Å². The predicted octanol–water partition coefficient (Wildman–Crippen LogP) is 5.48. The Labute approximate surface area is 199 Å². The van der Waals surface area contributed by atoms with E-state index in [1.807, 2.05) is 18.2 Å². The molecule has 0 aliphatic carbocycles. The summed E-state index contributed by atoms with van der Waals surface area (Å²) in [6, 6.07) is 28.5. The molecule has 27 heavy (non-hydrogen) atoms. The minimum Gasteiger partial charge on any atom is -0.358 e. The van der Waals surface area contributed by atoms with Gasteiger partial charge in [-0.2, -0.15) is 0 Å². The van der Waals surface area contributed by atoms with Crippen LogP contribution in [0.1, 0.15) is 11.3 Å². The molecule has 1 radical (unpaired) electrons. The molecule has 0 bridgehead atoms. The molecule has 2 aromatic heterocycles. The summed E-state index contributed by atoms with van der Waals surface area (Å²) in [6.45, 7) is 0. The SMILES string of the molecule is [CH3-].[Pt+2].[Y].[c-]1cccc2c1c1nc(Cc3ccccc3)cn1c1ccccc21. The molecular formula is C23H18N2PtY. The first-order valence-corrected chi connectivity index (χ1v) is 8.13. The second-order valence-corrected chi connectivity index (χ2v) is 6.06. The van der Waals surface area contributed by atoms with Crippen molar-refractivity contribution in [2.24, 2.45) is 0 Å². The minimum absolute atomic E-state index is 0. The number of aromatic nitrogens is 2. The van der Waals surface area contributed by atoms with Gasteiger partial charge in [-0.05, 0) is 17.0 Å². The van der Waals surface area contributed by atoms with Crippen LogP contribution in [0.25, 0.3) is 27.3 Å². The number of rotatable bonds is 2. The minimum atomic E-state index is 0. The zero-order valence-electron chi connectivity index (χ0n) is 15.0. The van der Waals surface area contributed by atoms with Gasteiger partial charge in [0.15, 0.2) is 0 Å². The number of hydrogen-bond acceptors (Lipinski definition) is 1. The summed E-state index contributed by atoms with van der Waals surface area (Å²) in [5.74, 6) is 0. The summed E-state index contributed by atoms with van der Waals surface area (Å²) in [5.41, 5.74) is 4.52. The summed E-state index contributed by atoms with van der Waals surface area (Å²) in [6.07, 6.45) is 3.00. The van der Waals surface area contributed by atoms with E-state index in [1.165, 1.54) is 21.9 Å². The number of benzene rings is 3. The van der Waals surface area contributed by atoms with Crippen molar-refractivity contribution in [1.82, 2.24) is 9.38 Å². The van der Waals surface area contributed by atoms with E-state index in [-0.39, 0.29) is 61.2 Å². The van der Waals surface area contributed by atoms with Gasteiger partial charge in [-0.25, -0.2) is 0 Å². The molecular weight excluding hydrogens is 588 g/mol. The van der Waals surface area contributed by atoms with Crippen LogP contribution in [-0.2, 0) is 60.2 Å². The van der Waals surface area contributed by atoms with Gasteiger partial charge in [-0.1, -0.05) is 53.9 Å². The largest absolute Gasteiger partial charge is 2.00 e. The van der Waals surface area contributed by atoms with Crippen molar-refractivity contribution < 1.29 is 53.8 Å². The van der Waals surface area contributed by atoms with Crippen molar-refractivity contribution in [3.05, 3.63) is 104 Å². The van der Waals surface area contributed by atoms with Crippen LogP contribution in [-0.4, -0.2) is 9.38 Å². The summed E-state index contributed by atoms with van der Waals surface area (Å²) in [5, 5.41) is 3.52. The molecule has 0 fully saturated rings. The van der Waals surface area contributed by atoms with Crippen molar-refractivity contribution in [2.45, 2.75) is 6.42 Å². The molecule has 0 atom stereocenters. The number of imidazole rings is 1. The fraction of sp³-hybridized carbons (Fsp3) is 0.0435. The molecule has 4 heteroatoms. The van der Waals surface area contributed by atoms with Crippen LogP contribution in [0.3, 0.4) is 0 Å². The maximum Gasteiger partial charge on any atom is 2.00 e. The molecule has 0 saturated heterocycles. The molecule has 5 aromatic rings. The van der Waals surface area contributed by atoms with E-state index >= 15 is 0 Å². The van der Waals surface area contributed by atoms with E-state index in [4.69, 9.17) is 4.98 Å². The molecule has 0 spiro atoms. The zero-order valence-corrected chi connectivity index (χ0v) is 20.1. The average molecular weight is 606 g/mol. The number of fused-ring (bicyclic) bond motifs is 6. The third-order valence-electron chi connectivity index (χ3n) is 4.52. The fourth-order valence-corrected chi connectivity index (χ4v) is 3.44. The first-order valence-electron chi connectivity index (χ1n) is 8.13. The second-order valence-electron chi connectivity index (χ2n) is 6.06. The van der Waals surface area contributed by atoms with Gasteiger partial charge in [0.05, 0.1) is 11.3 Å². The van der Waals surface area contributed by atoms with Crippen molar-refractivity contribution in [1.29, 1.82) is 0 Å². The molecule has 0 unspecified atom stereocenters. The van der Waals surface area contributed by atoms with Gasteiger partial charge < -0.3 is 11.8 Å². The average Bonchev–Trinajstić information content (AvgIpc) is 3.07. The van der Waals surface area contributed by atoms with Crippen LogP contribution >= 0.6 is 0 Å². The summed E-state index contributed by atoms with van der Waals surface area (Å²) in [4.78, 5) is 4.92. The molecule has 0 aliphatic rings. The Balaban J connectivity index is 0.000000871. The second kappa shape index (κ2) is 9.24. The normalized spacial score (nSPS) is 10.2. The van der Waals surface area contributed by atoms with Gasteiger partial charge >= 0.3 is 21.1 Å². The molecule has 2 nitrogen and oxygen atoms in total. The molecule has 0 amide bonds. The van der Waals surface area contributed by atoms with Crippen LogP contribution in [0.2, 0.25) is 0 Å². The van der Waals surface area contributed by atoms with Gasteiger partial charge in [-0.3, -0.25) is 4.98 Å².